The van der Waals surface area contributed by atoms with Crippen LogP contribution in [0.1, 0.15) is 17.0 Å². The number of amides is 2. The molecule has 180 valence electrons. The summed E-state index contributed by atoms with van der Waals surface area (Å²) in [5, 5.41) is 13.7. The third-order valence-electron chi connectivity index (χ3n) is 4.70. The number of benzene rings is 2. The normalized spacial score (nSPS) is 11.2. The summed E-state index contributed by atoms with van der Waals surface area (Å²) in [6, 6.07) is 11.6. The Hall–Kier alpha value is -3.54. The number of hydrogen-bond donors (Lipinski definition) is 2. The number of hydrogen-bond acceptors (Lipinski definition) is 6. The first-order valence-electron chi connectivity index (χ1n) is 10.0. The summed E-state index contributed by atoms with van der Waals surface area (Å²) >= 11 is 1.08. The molecule has 8 nitrogen and oxygen atoms in total. The highest BCUT2D eigenvalue weighted by atomic mass is 32.2. The average molecular weight is 494 g/mol. The molecule has 3 rings (SSSR count). The molecule has 34 heavy (non-hydrogen) atoms. The van der Waals surface area contributed by atoms with Gasteiger partial charge in [0, 0.05) is 12.7 Å². The van der Waals surface area contributed by atoms with Gasteiger partial charge in [-0.3, -0.25) is 9.59 Å². The van der Waals surface area contributed by atoms with E-state index in [1.165, 1.54) is 12.1 Å². The lowest BCUT2D eigenvalue weighted by Crippen LogP contribution is -2.26. The molecule has 0 fully saturated rings. The number of rotatable bonds is 9. The zero-order chi connectivity index (χ0) is 24.7. The molecular weight excluding hydrogens is 471 g/mol. The van der Waals surface area contributed by atoms with Gasteiger partial charge >= 0.3 is 6.18 Å². The van der Waals surface area contributed by atoms with E-state index in [0.717, 1.165) is 29.5 Å². The van der Waals surface area contributed by atoms with Crippen molar-refractivity contribution in [2.45, 2.75) is 24.3 Å². The van der Waals surface area contributed by atoms with Crippen molar-refractivity contribution in [3.8, 4) is 5.75 Å². The van der Waals surface area contributed by atoms with Crippen molar-refractivity contribution in [3.63, 3.8) is 0 Å². The lowest BCUT2D eigenvalue weighted by molar-refractivity contribution is -0.137. The van der Waals surface area contributed by atoms with E-state index < -0.39 is 17.6 Å². The highest BCUT2D eigenvalue weighted by Gasteiger charge is 2.30. The van der Waals surface area contributed by atoms with Crippen LogP contribution in [-0.2, 0) is 35.8 Å². The fourth-order valence-corrected chi connectivity index (χ4v) is 3.62. The van der Waals surface area contributed by atoms with E-state index in [1.807, 2.05) is 0 Å². The number of halogens is 3. The summed E-state index contributed by atoms with van der Waals surface area (Å²) in [6.45, 7) is 0.148. The largest absolute Gasteiger partial charge is 0.497 e. The molecular formula is C22H22F3N5O3S. The van der Waals surface area contributed by atoms with E-state index in [1.54, 1.807) is 43.0 Å². The molecule has 0 spiro atoms. The van der Waals surface area contributed by atoms with Gasteiger partial charge in [0.2, 0.25) is 11.8 Å². The summed E-state index contributed by atoms with van der Waals surface area (Å²) in [5.41, 5.74) is 0.0443. The smallest absolute Gasteiger partial charge is 0.416 e. The number of alkyl halides is 3. The summed E-state index contributed by atoms with van der Waals surface area (Å²) in [4.78, 5) is 24.4. The van der Waals surface area contributed by atoms with Crippen molar-refractivity contribution in [2.24, 2.45) is 7.05 Å². The minimum Gasteiger partial charge on any atom is -0.497 e. The van der Waals surface area contributed by atoms with E-state index in [9.17, 15) is 22.8 Å². The predicted octanol–water partition coefficient (Wildman–Crippen LogP) is 3.43. The molecule has 0 saturated heterocycles. The zero-order valence-corrected chi connectivity index (χ0v) is 19.2. The van der Waals surface area contributed by atoms with Gasteiger partial charge in [0.25, 0.3) is 0 Å². The van der Waals surface area contributed by atoms with Crippen LogP contribution < -0.4 is 15.4 Å². The van der Waals surface area contributed by atoms with Gasteiger partial charge in [-0.15, -0.1) is 10.2 Å². The van der Waals surface area contributed by atoms with Gasteiger partial charge in [0.15, 0.2) is 11.0 Å². The number of nitrogens with zero attached hydrogens (tertiary/aromatic N) is 3. The van der Waals surface area contributed by atoms with Gasteiger partial charge in [0.1, 0.15) is 5.75 Å². The number of methoxy groups -OCH3 is 1. The molecule has 3 aromatic rings. The number of ether oxygens (including phenoxy) is 1. The molecule has 0 atom stereocenters. The number of carbonyl (C=O) groups excluding carboxylic acids is 2. The molecule has 1 aromatic heterocycles. The third-order valence-corrected chi connectivity index (χ3v) is 5.72. The maximum absolute atomic E-state index is 12.8. The molecule has 0 bridgehead atoms. The van der Waals surface area contributed by atoms with Crippen molar-refractivity contribution in [2.75, 3.05) is 18.2 Å². The van der Waals surface area contributed by atoms with Crippen molar-refractivity contribution in [1.82, 2.24) is 20.1 Å². The maximum atomic E-state index is 12.8. The first-order valence-corrected chi connectivity index (χ1v) is 11.0. The van der Waals surface area contributed by atoms with Crippen LogP contribution in [0.5, 0.6) is 5.75 Å². The van der Waals surface area contributed by atoms with Gasteiger partial charge in [0.05, 0.1) is 31.4 Å². The van der Waals surface area contributed by atoms with Crippen LogP contribution in [0.2, 0.25) is 0 Å². The Morgan fingerprint density at radius 3 is 2.50 bits per heavy atom. The summed E-state index contributed by atoms with van der Waals surface area (Å²) in [7, 11) is 3.26. The quantitative estimate of drug-likeness (QED) is 0.444. The molecule has 2 amide bonds. The van der Waals surface area contributed by atoms with E-state index in [2.05, 4.69) is 20.8 Å². The minimum absolute atomic E-state index is 0.0543. The molecule has 0 unspecified atom stereocenters. The van der Waals surface area contributed by atoms with Gasteiger partial charge < -0.3 is 19.9 Å². The highest BCUT2D eigenvalue weighted by molar-refractivity contribution is 7.99. The van der Waals surface area contributed by atoms with Crippen LogP contribution in [0.4, 0.5) is 18.9 Å². The molecule has 0 aliphatic rings. The van der Waals surface area contributed by atoms with E-state index in [-0.39, 0.29) is 30.3 Å². The molecule has 2 aromatic carbocycles. The first kappa shape index (κ1) is 25.1. The molecule has 0 saturated carbocycles. The van der Waals surface area contributed by atoms with Crippen LogP contribution in [0.15, 0.2) is 53.7 Å². The van der Waals surface area contributed by atoms with Crippen LogP contribution in [0.3, 0.4) is 0 Å². The predicted molar refractivity (Wildman–Crippen MR) is 120 cm³/mol. The number of aromatic nitrogens is 3. The van der Waals surface area contributed by atoms with Crippen LogP contribution in [0, 0.1) is 0 Å². The fourth-order valence-electron chi connectivity index (χ4n) is 2.89. The fraction of sp³-hybridized carbons (Fsp3) is 0.273. The highest BCUT2D eigenvalue weighted by Crippen LogP contribution is 2.30. The summed E-state index contributed by atoms with van der Waals surface area (Å²) in [5.74, 6) is 0.441. The Bertz CT molecular complexity index is 1150. The number of anilines is 1. The topological polar surface area (TPSA) is 98.1 Å². The SMILES string of the molecule is COc1ccc(CC(=O)NCc2nnc(SCC(=O)Nc3cccc(C(F)(F)F)c3)n2C)cc1. The van der Waals surface area contributed by atoms with E-state index in [4.69, 9.17) is 4.74 Å². The van der Waals surface area contributed by atoms with E-state index >= 15 is 0 Å². The molecule has 2 N–H and O–H groups in total. The second-order valence-corrected chi connectivity index (χ2v) is 8.12. The van der Waals surface area contributed by atoms with Crippen molar-refractivity contribution in [1.29, 1.82) is 0 Å². The zero-order valence-electron chi connectivity index (χ0n) is 18.3. The second-order valence-electron chi connectivity index (χ2n) is 7.17. The van der Waals surface area contributed by atoms with Crippen molar-refractivity contribution in [3.05, 3.63) is 65.5 Å². The summed E-state index contributed by atoms with van der Waals surface area (Å²) in [6.07, 6.45) is -4.30. The van der Waals surface area contributed by atoms with Crippen LogP contribution in [0.25, 0.3) is 0 Å². The lowest BCUT2D eigenvalue weighted by Gasteiger charge is -2.10. The van der Waals surface area contributed by atoms with Gasteiger partial charge in [-0.2, -0.15) is 13.2 Å². The molecule has 1 heterocycles. The third kappa shape index (κ3) is 6.98. The van der Waals surface area contributed by atoms with Gasteiger partial charge in [-0.25, -0.2) is 0 Å². The average Bonchev–Trinajstić information content (AvgIpc) is 3.15. The standard InChI is InChI=1S/C22H22F3N5O3S/c1-30-18(12-26-19(31)10-14-6-8-17(33-2)9-7-14)28-29-21(30)34-13-20(32)27-16-5-3-4-15(11-16)22(23,24)25/h3-9,11H,10,12-13H2,1-2H3,(H,26,31)(H,27,32). The van der Waals surface area contributed by atoms with Crippen molar-refractivity contribution >= 4 is 29.3 Å². The second kappa shape index (κ2) is 11.1. The molecule has 0 aliphatic carbocycles. The Balaban J connectivity index is 1.48. The molecule has 0 aliphatic heterocycles. The Kier molecular flexibility index (Phi) is 8.16. The van der Waals surface area contributed by atoms with Gasteiger partial charge in [-0.1, -0.05) is 30.0 Å². The van der Waals surface area contributed by atoms with Gasteiger partial charge in [-0.05, 0) is 35.9 Å². The molecule has 0 radical (unpaired) electrons. The van der Waals surface area contributed by atoms with Crippen molar-refractivity contribution < 1.29 is 27.5 Å². The van der Waals surface area contributed by atoms with E-state index in [0.29, 0.717) is 16.7 Å². The number of carbonyl (C=O) groups is 2. The number of nitrogens with one attached hydrogen (secondary N) is 2. The van der Waals surface area contributed by atoms with Crippen LogP contribution >= 0.6 is 11.8 Å². The summed E-state index contributed by atoms with van der Waals surface area (Å²) < 4.78 is 45.1. The molecule has 12 heteroatoms. The van der Waals surface area contributed by atoms with Crippen LogP contribution in [-0.4, -0.2) is 39.4 Å². The minimum atomic E-state index is -4.49. The number of thioether (sulfide) groups is 1. The maximum Gasteiger partial charge on any atom is 0.416 e. The first-order chi connectivity index (χ1) is 16.2. The lowest BCUT2D eigenvalue weighted by atomic mass is 10.1. The Morgan fingerprint density at radius 1 is 1.09 bits per heavy atom. The monoisotopic (exact) mass is 493 g/mol. The Labute approximate surface area is 197 Å². The Morgan fingerprint density at radius 2 is 1.82 bits per heavy atom.